The SMILES string of the molecule is CC(C)C[C@H](N)C(=O)O.C[C@H](N)C(=O)O.Nc1ccccc1. The quantitative estimate of drug-likeness (QED) is 0.522. The fraction of sp³-hybridized carbons (Fsp3) is 0.467. The summed E-state index contributed by atoms with van der Waals surface area (Å²) in [7, 11) is 0. The van der Waals surface area contributed by atoms with Crippen LogP contribution in [0, 0.1) is 5.92 Å². The number of benzene rings is 1. The molecule has 0 heterocycles. The summed E-state index contributed by atoms with van der Waals surface area (Å²) in [6, 6.07) is 8.07. The molecule has 0 bridgehead atoms. The van der Waals surface area contributed by atoms with Gasteiger partial charge in [0.15, 0.2) is 0 Å². The first-order valence-electron chi connectivity index (χ1n) is 6.85. The van der Waals surface area contributed by atoms with E-state index in [1.54, 1.807) is 0 Å². The van der Waals surface area contributed by atoms with Crippen molar-refractivity contribution in [1.82, 2.24) is 0 Å². The van der Waals surface area contributed by atoms with Crippen molar-refractivity contribution in [2.24, 2.45) is 17.4 Å². The Balaban J connectivity index is 0. The molecule has 1 aromatic rings. The molecule has 8 N–H and O–H groups in total. The Labute approximate surface area is 131 Å². The van der Waals surface area contributed by atoms with Crippen LogP contribution in [0.5, 0.6) is 0 Å². The third-order valence-corrected chi connectivity index (χ3v) is 2.23. The highest BCUT2D eigenvalue weighted by Crippen LogP contribution is 2.01. The van der Waals surface area contributed by atoms with Crippen LogP contribution in [-0.2, 0) is 9.59 Å². The number of para-hydroxylation sites is 1. The molecule has 7 nitrogen and oxygen atoms in total. The van der Waals surface area contributed by atoms with E-state index >= 15 is 0 Å². The van der Waals surface area contributed by atoms with E-state index in [-0.39, 0.29) is 0 Å². The highest BCUT2D eigenvalue weighted by atomic mass is 16.4. The minimum atomic E-state index is -0.963. The van der Waals surface area contributed by atoms with Crippen LogP contribution in [0.4, 0.5) is 5.69 Å². The lowest BCUT2D eigenvalue weighted by molar-refractivity contribution is -0.139. The fourth-order valence-electron chi connectivity index (χ4n) is 1.06. The first-order chi connectivity index (χ1) is 10.1. The van der Waals surface area contributed by atoms with Gasteiger partial charge >= 0.3 is 11.9 Å². The van der Waals surface area contributed by atoms with Crippen molar-refractivity contribution in [2.75, 3.05) is 5.73 Å². The number of anilines is 1. The maximum atomic E-state index is 10.1. The Hall–Kier alpha value is -2.12. The van der Waals surface area contributed by atoms with Crippen molar-refractivity contribution < 1.29 is 19.8 Å². The van der Waals surface area contributed by atoms with Crippen LogP contribution in [0.15, 0.2) is 30.3 Å². The average molecular weight is 313 g/mol. The zero-order valence-corrected chi connectivity index (χ0v) is 13.3. The van der Waals surface area contributed by atoms with E-state index in [1.165, 1.54) is 6.92 Å². The molecular weight excluding hydrogens is 286 g/mol. The summed E-state index contributed by atoms with van der Waals surface area (Å²) in [6.07, 6.45) is 0.551. The number of carbonyl (C=O) groups is 2. The molecule has 0 aromatic heterocycles. The van der Waals surface area contributed by atoms with Gasteiger partial charge in [0.2, 0.25) is 0 Å². The maximum absolute atomic E-state index is 10.1. The molecule has 0 spiro atoms. The molecule has 1 rings (SSSR count). The Morgan fingerprint density at radius 1 is 1.00 bits per heavy atom. The van der Waals surface area contributed by atoms with Crippen LogP contribution >= 0.6 is 0 Å². The molecule has 0 unspecified atom stereocenters. The van der Waals surface area contributed by atoms with Gasteiger partial charge in [0, 0.05) is 5.69 Å². The molecule has 126 valence electrons. The minimum absolute atomic E-state index is 0.357. The normalized spacial score (nSPS) is 12.1. The van der Waals surface area contributed by atoms with E-state index in [2.05, 4.69) is 0 Å². The van der Waals surface area contributed by atoms with Crippen LogP contribution in [-0.4, -0.2) is 34.2 Å². The number of hydrogen-bond acceptors (Lipinski definition) is 5. The molecule has 0 amide bonds. The monoisotopic (exact) mass is 313 g/mol. The fourth-order valence-corrected chi connectivity index (χ4v) is 1.06. The van der Waals surface area contributed by atoms with Crippen LogP contribution in [0.25, 0.3) is 0 Å². The van der Waals surface area contributed by atoms with Crippen molar-refractivity contribution >= 4 is 17.6 Å². The van der Waals surface area contributed by atoms with Gasteiger partial charge in [-0.15, -0.1) is 0 Å². The van der Waals surface area contributed by atoms with Gasteiger partial charge in [0.25, 0.3) is 0 Å². The van der Waals surface area contributed by atoms with Gasteiger partial charge in [0.05, 0.1) is 0 Å². The maximum Gasteiger partial charge on any atom is 0.320 e. The number of nitrogen functional groups attached to an aromatic ring is 1. The Kier molecular flexibility index (Phi) is 12.7. The summed E-state index contributed by atoms with van der Waals surface area (Å²) < 4.78 is 0. The molecule has 1 aromatic carbocycles. The first-order valence-corrected chi connectivity index (χ1v) is 6.85. The molecule has 0 fully saturated rings. The zero-order valence-electron chi connectivity index (χ0n) is 13.3. The Bertz CT molecular complexity index is 422. The summed E-state index contributed by atoms with van der Waals surface area (Å²) in [4.78, 5) is 19.7. The number of hydrogen-bond donors (Lipinski definition) is 5. The minimum Gasteiger partial charge on any atom is -0.480 e. The Morgan fingerprint density at radius 2 is 1.41 bits per heavy atom. The van der Waals surface area contributed by atoms with Crippen LogP contribution in [0.1, 0.15) is 27.2 Å². The van der Waals surface area contributed by atoms with E-state index in [4.69, 9.17) is 27.4 Å². The molecule has 0 radical (unpaired) electrons. The second-order valence-electron chi connectivity index (χ2n) is 5.11. The standard InChI is InChI=1S/C6H13NO2.C6H7N.C3H7NO2/c1-4(2)3-5(7)6(8)9;7-6-4-2-1-3-5-6;1-2(4)3(5)6/h4-5H,3,7H2,1-2H3,(H,8,9);1-5H,7H2;2H,4H2,1H3,(H,5,6)/t5-;;2-/m0.0/s1. The van der Waals surface area contributed by atoms with Crippen LogP contribution < -0.4 is 17.2 Å². The van der Waals surface area contributed by atoms with E-state index < -0.39 is 24.0 Å². The molecule has 0 aliphatic heterocycles. The van der Waals surface area contributed by atoms with Gasteiger partial charge in [0.1, 0.15) is 12.1 Å². The summed E-state index contributed by atoms with van der Waals surface area (Å²) in [6.45, 7) is 5.31. The van der Waals surface area contributed by atoms with Crippen molar-refractivity contribution in [2.45, 2.75) is 39.3 Å². The zero-order chi connectivity index (χ0) is 17.7. The van der Waals surface area contributed by atoms with Gasteiger partial charge in [-0.2, -0.15) is 0 Å². The second-order valence-corrected chi connectivity index (χ2v) is 5.11. The largest absolute Gasteiger partial charge is 0.480 e. The van der Waals surface area contributed by atoms with Crippen LogP contribution in [0.2, 0.25) is 0 Å². The van der Waals surface area contributed by atoms with E-state index in [0.717, 1.165) is 5.69 Å². The molecule has 0 aliphatic carbocycles. The number of carboxylic acid groups (broad SMARTS) is 2. The molecule has 0 aliphatic rings. The van der Waals surface area contributed by atoms with Crippen LogP contribution in [0.3, 0.4) is 0 Å². The molecule has 2 atom stereocenters. The predicted molar refractivity (Wildman–Crippen MR) is 87.2 cm³/mol. The summed E-state index contributed by atoms with van der Waals surface area (Å²) >= 11 is 0. The lowest BCUT2D eigenvalue weighted by Crippen LogP contribution is -2.31. The van der Waals surface area contributed by atoms with Crippen molar-refractivity contribution in [3.05, 3.63) is 30.3 Å². The Morgan fingerprint density at radius 3 is 1.55 bits per heavy atom. The number of carboxylic acids is 2. The topological polar surface area (TPSA) is 153 Å². The van der Waals surface area contributed by atoms with E-state index in [1.807, 2.05) is 44.2 Å². The lowest BCUT2D eigenvalue weighted by atomic mass is 10.1. The van der Waals surface area contributed by atoms with Gasteiger partial charge in [-0.05, 0) is 31.4 Å². The molecule has 22 heavy (non-hydrogen) atoms. The third kappa shape index (κ3) is 15.9. The van der Waals surface area contributed by atoms with Crippen molar-refractivity contribution in [3.8, 4) is 0 Å². The van der Waals surface area contributed by atoms with E-state index in [0.29, 0.717) is 12.3 Å². The average Bonchev–Trinajstić information content (AvgIpc) is 2.40. The predicted octanol–water partition coefficient (Wildman–Crippen LogP) is 1.13. The lowest BCUT2D eigenvalue weighted by Gasteiger charge is -2.07. The molecule has 0 saturated heterocycles. The molecule has 7 heteroatoms. The first kappa shape index (κ1) is 22.2. The smallest absolute Gasteiger partial charge is 0.320 e. The van der Waals surface area contributed by atoms with Crippen molar-refractivity contribution in [3.63, 3.8) is 0 Å². The summed E-state index contributed by atoms with van der Waals surface area (Å²) in [5, 5.41) is 16.2. The molecular formula is C15H27N3O4. The van der Waals surface area contributed by atoms with Gasteiger partial charge in [-0.1, -0.05) is 32.0 Å². The summed E-state index contributed by atoms with van der Waals surface area (Å²) in [5.74, 6) is -1.52. The van der Waals surface area contributed by atoms with E-state index in [9.17, 15) is 9.59 Å². The number of nitrogens with two attached hydrogens (primary N) is 3. The van der Waals surface area contributed by atoms with Gasteiger partial charge in [-0.3, -0.25) is 9.59 Å². The molecule has 0 saturated carbocycles. The third-order valence-electron chi connectivity index (χ3n) is 2.23. The highest BCUT2D eigenvalue weighted by Gasteiger charge is 2.11. The highest BCUT2D eigenvalue weighted by molar-refractivity contribution is 5.73. The van der Waals surface area contributed by atoms with Gasteiger partial charge in [-0.25, -0.2) is 0 Å². The van der Waals surface area contributed by atoms with Crippen molar-refractivity contribution in [1.29, 1.82) is 0 Å². The number of aliphatic carboxylic acids is 2. The number of rotatable bonds is 4. The second kappa shape index (κ2) is 12.6. The van der Waals surface area contributed by atoms with Gasteiger partial charge < -0.3 is 27.4 Å². The summed E-state index contributed by atoms with van der Waals surface area (Å²) in [5.41, 5.74) is 16.2.